The van der Waals surface area contributed by atoms with Gasteiger partial charge in [0.15, 0.2) is 11.5 Å². The number of carbonyl (C=O) groups excluding carboxylic acids is 2. The summed E-state index contributed by atoms with van der Waals surface area (Å²) < 4.78 is 16.3. The molecule has 1 N–H and O–H groups in total. The van der Waals surface area contributed by atoms with Gasteiger partial charge in [0.25, 0.3) is 0 Å². The monoisotopic (exact) mass is 463 g/mol. The number of furan rings is 1. The van der Waals surface area contributed by atoms with Crippen molar-refractivity contribution in [3.05, 3.63) is 77.7 Å². The first-order valence-corrected chi connectivity index (χ1v) is 11.2. The third-order valence-corrected chi connectivity index (χ3v) is 5.67. The fourth-order valence-electron chi connectivity index (χ4n) is 3.72. The number of nitrogens with one attached hydrogen (secondary N) is 1. The molecule has 0 aliphatic carbocycles. The van der Waals surface area contributed by atoms with Gasteiger partial charge in [0.05, 0.1) is 12.8 Å². The smallest absolute Gasteiger partial charge is 0.322 e. The lowest BCUT2D eigenvalue weighted by atomic mass is 10.1. The largest absolute Gasteiger partial charge is 0.467 e. The van der Waals surface area contributed by atoms with Gasteiger partial charge in [-0.3, -0.25) is 4.79 Å². The molecule has 0 spiro atoms. The van der Waals surface area contributed by atoms with Crippen molar-refractivity contribution in [1.29, 1.82) is 0 Å². The second-order valence-corrected chi connectivity index (χ2v) is 8.48. The van der Waals surface area contributed by atoms with Gasteiger partial charge in [0.2, 0.25) is 12.7 Å². The molecule has 4 rings (SSSR count). The third kappa shape index (κ3) is 5.51. The summed E-state index contributed by atoms with van der Waals surface area (Å²) in [7, 11) is 0. The number of amides is 3. The Morgan fingerprint density at radius 2 is 1.79 bits per heavy atom. The topological polar surface area (TPSA) is 84.3 Å². The highest BCUT2D eigenvalue weighted by molar-refractivity contribution is 5.93. The van der Waals surface area contributed by atoms with Crippen molar-refractivity contribution >= 4 is 17.6 Å². The number of rotatable bonds is 8. The predicted octanol–water partition coefficient (Wildman–Crippen LogP) is 4.79. The van der Waals surface area contributed by atoms with E-state index in [0.29, 0.717) is 23.8 Å². The standard InChI is InChI=1S/C26H29N3O5/c1-18(2)29(26(31)27-22-9-5-4-7-19(22)3)16-25(30)28(15-21-8-6-12-32-21)14-20-10-11-23-24(13-20)34-17-33-23/h4-13,18H,14-17H2,1-3H3,(H,27,31). The average molecular weight is 464 g/mol. The molecule has 0 atom stereocenters. The van der Waals surface area contributed by atoms with Crippen LogP contribution in [0.25, 0.3) is 0 Å². The zero-order valence-electron chi connectivity index (χ0n) is 19.6. The SMILES string of the molecule is Cc1ccccc1NC(=O)N(CC(=O)N(Cc1ccc2c(c1)OCO2)Cc1ccco1)C(C)C. The van der Waals surface area contributed by atoms with E-state index in [1.807, 2.05) is 69.3 Å². The van der Waals surface area contributed by atoms with Gasteiger partial charge in [-0.2, -0.15) is 0 Å². The van der Waals surface area contributed by atoms with Crippen molar-refractivity contribution in [1.82, 2.24) is 9.80 Å². The summed E-state index contributed by atoms with van der Waals surface area (Å²) in [5, 5.41) is 2.93. The Hall–Kier alpha value is -3.94. The number of carbonyl (C=O) groups is 2. The average Bonchev–Trinajstić information content (AvgIpc) is 3.49. The highest BCUT2D eigenvalue weighted by atomic mass is 16.7. The Morgan fingerprint density at radius 1 is 1.00 bits per heavy atom. The van der Waals surface area contributed by atoms with Crippen LogP contribution >= 0.6 is 0 Å². The number of hydrogen-bond acceptors (Lipinski definition) is 5. The van der Waals surface area contributed by atoms with Gasteiger partial charge in [-0.15, -0.1) is 0 Å². The van der Waals surface area contributed by atoms with Crippen LogP contribution in [0.1, 0.15) is 30.7 Å². The number of urea groups is 1. The van der Waals surface area contributed by atoms with Gasteiger partial charge in [-0.25, -0.2) is 4.79 Å². The summed E-state index contributed by atoms with van der Waals surface area (Å²) >= 11 is 0. The van der Waals surface area contributed by atoms with Gasteiger partial charge in [0, 0.05) is 18.3 Å². The normalized spacial score (nSPS) is 12.0. The van der Waals surface area contributed by atoms with E-state index < -0.39 is 0 Å². The first kappa shape index (κ1) is 23.2. The van der Waals surface area contributed by atoms with Gasteiger partial charge in [-0.05, 0) is 62.2 Å². The first-order valence-electron chi connectivity index (χ1n) is 11.2. The summed E-state index contributed by atoms with van der Waals surface area (Å²) in [6, 6.07) is 16.3. The number of aryl methyl sites for hydroxylation is 1. The van der Waals surface area contributed by atoms with Crippen LogP contribution in [0.3, 0.4) is 0 Å². The number of benzene rings is 2. The molecule has 178 valence electrons. The zero-order valence-corrected chi connectivity index (χ0v) is 19.6. The number of nitrogens with zero attached hydrogens (tertiary/aromatic N) is 2. The Balaban J connectivity index is 1.50. The summed E-state index contributed by atoms with van der Waals surface area (Å²) in [6.45, 7) is 6.44. The molecule has 1 aliphatic rings. The molecule has 0 saturated heterocycles. The van der Waals surface area contributed by atoms with E-state index in [2.05, 4.69) is 5.32 Å². The van der Waals surface area contributed by atoms with Crippen LogP contribution < -0.4 is 14.8 Å². The molecule has 0 bridgehead atoms. The van der Waals surface area contributed by atoms with Crippen LogP contribution in [0.5, 0.6) is 11.5 Å². The maximum absolute atomic E-state index is 13.5. The second kappa shape index (κ2) is 10.3. The minimum Gasteiger partial charge on any atom is -0.467 e. The number of fused-ring (bicyclic) bond motifs is 1. The maximum Gasteiger partial charge on any atom is 0.322 e. The second-order valence-electron chi connectivity index (χ2n) is 8.48. The Morgan fingerprint density at radius 3 is 2.53 bits per heavy atom. The van der Waals surface area contributed by atoms with E-state index >= 15 is 0 Å². The maximum atomic E-state index is 13.5. The quantitative estimate of drug-likeness (QED) is 0.519. The van der Waals surface area contributed by atoms with E-state index in [1.54, 1.807) is 17.2 Å². The molecule has 0 unspecified atom stereocenters. The van der Waals surface area contributed by atoms with Crippen molar-refractivity contribution in [3.8, 4) is 11.5 Å². The fraction of sp³-hybridized carbons (Fsp3) is 0.308. The molecule has 1 aliphatic heterocycles. The van der Waals surface area contributed by atoms with Gasteiger partial charge in [-0.1, -0.05) is 24.3 Å². The Labute approximate surface area is 199 Å². The molecule has 0 radical (unpaired) electrons. The van der Waals surface area contributed by atoms with Crippen LogP contribution in [0.15, 0.2) is 65.3 Å². The summed E-state index contributed by atoms with van der Waals surface area (Å²) in [5.74, 6) is 1.81. The van der Waals surface area contributed by atoms with E-state index in [9.17, 15) is 9.59 Å². The number of para-hydroxylation sites is 1. The Bertz CT molecular complexity index is 1140. The number of hydrogen-bond donors (Lipinski definition) is 1. The lowest BCUT2D eigenvalue weighted by molar-refractivity contribution is -0.133. The Kier molecular flexibility index (Phi) is 7.06. The van der Waals surface area contributed by atoms with Gasteiger partial charge < -0.3 is 29.0 Å². The highest BCUT2D eigenvalue weighted by Gasteiger charge is 2.25. The minimum absolute atomic E-state index is 0.0688. The van der Waals surface area contributed by atoms with Crippen LogP contribution in [-0.2, 0) is 17.9 Å². The predicted molar refractivity (Wildman–Crippen MR) is 128 cm³/mol. The van der Waals surface area contributed by atoms with Crippen molar-refractivity contribution in [2.75, 3.05) is 18.7 Å². The van der Waals surface area contributed by atoms with Gasteiger partial charge in [0.1, 0.15) is 12.3 Å². The zero-order chi connectivity index (χ0) is 24.1. The first-order chi connectivity index (χ1) is 16.4. The van der Waals surface area contributed by atoms with Crippen molar-refractivity contribution in [3.63, 3.8) is 0 Å². The molecular formula is C26H29N3O5. The van der Waals surface area contributed by atoms with E-state index in [-0.39, 0.29) is 37.9 Å². The lowest BCUT2D eigenvalue weighted by Crippen LogP contribution is -2.47. The third-order valence-electron chi connectivity index (χ3n) is 5.67. The van der Waals surface area contributed by atoms with E-state index in [4.69, 9.17) is 13.9 Å². The molecule has 0 saturated carbocycles. The lowest BCUT2D eigenvalue weighted by Gasteiger charge is -2.30. The molecule has 2 heterocycles. The number of anilines is 1. The van der Waals surface area contributed by atoms with Crippen molar-refractivity contribution in [2.24, 2.45) is 0 Å². The van der Waals surface area contributed by atoms with Crippen LogP contribution in [-0.4, -0.2) is 41.1 Å². The van der Waals surface area contributed by atoms with E-state index in [1.165, 1.54) is 4.90 Å². The molecule has 3 aromatic rings. The van der Waals surface area contributed by atoms with Crippen LogP contribution in [0.4, 0.5) is 10.5 Å². The van der Waals surface area contributed by atoms with Crippen LogP contribution in [0, 0.1) is 6.92 Å². The molecule has 0 fully saturated rings. The summed E-state index contributed by atoms with van der Waals surface area (Å²) in [6.07, 6.45) is 1.58. The molecule has 34 heavy (non-hydrogen) atoms. The van der Waals surface area contributed by atoms with Crippen molar-refractivity contribution < 1.29 is 23.5 Å². The fourth-order valence-corrected chi connectivity index (χ4v) is 3.72. The summed E-state index contributed by atoms with van der Waals surface area (Å²) in [4.78, 5) is 29.7. The molecule has 3 amide bonds. The minimum atomic E-state index is -0.321. The molecule has 8 heteroatoms. The molecule has 8 nitrogen and oxygen atoms in total. The van der Waals surface area contributed by atoms with Crippen LogP contribution in [0.2, 0.25) is 0 Å². The molecule has 1 aromatic heterocycles. The highest BCUT2D eigenvalue weighted by Crippen LogP contribution is 2.33. The number of ether oxygens (including phenoxy) is 2. The van der Waals surface area contributed by atoms with Crippen molar-refractivity contribution in [2.45, 2.75) is 39.9 Å². The van der Waals surface area contributed by atoms with E-state index in [0.717, 1.165) is 16.8 Å². The molecule has 2 aromatic carbocycles. The summed E-state index contributed by atoms with van der Waals surface area (Å²) in [5.41, 5.74) is 2.57. The van der Waals surface area contributed by atoms with Gasteiger partial charge >= 0.3 is 6.03 Å². The molecular weight excluding hydrogens is 434 g/mol.